The molecule has 0 spiro atoms. The molecule has 122 valence electrons. The van der Waals surface area contributed by atoms with Crippen molar-refractivity contribution in [3.05, 3.63) is 55.1 Å². The molecule has 0 radical (unpaired) electrons. The summed E-state index contributed by atoms with van der Waals surface area (Å²) in [4.78, 5) is 3.98. The number of thiophene rings is 1. The Balaban J connectivity index is 0.00000121. The maximum atomic E-state index is 3.61. The van der Waals surface area contributed by atoms with E-state index in [2.05, 4.69) is 77.8 Å². The summed E-state index contributed by atoms with van der Waals surface area (Å²) in [6.07, 6.45) is 0. The summed E-state index contributed by atoms with van der Waals surface area (Å²) in [5, 5.41) is 5.60. The van der Waals surface area contributed by atoms with E-state index in [-0.39, 0.29) is 24.8 Å². The summed E-state index contributed by atoms with van der Waals surface area (Å²) >= 11 is 9.06. The van der Waals surface area contributed by atoms with Crippen molar-refractivity contribution in [2.75, 3.05) is 26.2 Å². The van der Waals surface area contributed by atoms with Gasteiger partial charge in [-0.2, -0.15) is 0 Å². The maximum absolute atomic E-state index is 3.61. The number of nitrogens with zero attached hydrogens (tertiary/aromatic N) is 1. The summed E-state index contributed by atoms with van der Waals surface area (Å²) in [6, 6.07) is 11.3. The zero-order valence-corrected chi connectivity index (χ0v) is 17.4. The van der Waals surface area contributed by atoms with E-state index in [9.17, 15) is 0 Å². The topological polar surface area (TPSA) is 15.3 Å². The third kappa shape index (κ3) is 4.94. The second kappa shape index (κ2) is 9.62. The minimum Gasteiger partial charge on any atom is -0.314 e. The molecule has 7 heteroatoms. The van der Waals surface area contributed by atoms with Crippen LogP contribution in [0.2, 0.25) is 0 Å². The predicted molar refractivity (Wildman–Crippen MR) is 107 cm³/mol. The highest BCUT2D eigenvalue weighted by Gasteiger charge is 2.25. The molecule has 1 atom stereocenters. The standard InChI is InChI=1S/C15H16Br2N2S.2ClH/c16-12-8-11(9-13(17)10-12)15(14-2-1-7-20-14)19-5-3-18-4-6-19;;/h1-2,7-10,15,18H,3-6H2;2*1H/t15-;;/m0../s1. The minimum atomic E-state index is 0. The van der Waals surface area contributed by atoms with Crippen molar-refractivity contribution in [2.24, 2.45) is 0 Å². The van der Waals surface area contributed by atoms with Crippen molar-refractivity contribution in [1.82, 2.24) is 10.2 Å². The van der Waals surface area contributed by atoms with E-state index < -0.39 is 0 Å². The van der Waals surface area contributed by atoms with Gasteiger partial charge in [0.15, 0.2) is 0 Å². The van der Waals surface area contributed by atoms with Crippen LogP contribution in [0.25, 0.3) is 0 Å². The fourth-order valence-electron chi connectivity index (χ4n) is 2.68. The van der Waals surface area contributed by atoms with Crippen molar-refractivity contribution in [3.63, 3.8) is 0 Å². The minimum absolute atomic E-state index is 0. The fourth-order valence-corrected chi connectivity index (χ4v) is 4.89. The Morgan fingerprint density at radius 1 is 1.05 bits per heavy atom. The molecule has 1 aliphatic heterocycles. The molecule has 2 nitrogen and oxygen atoms in total. The van der Waals surface area contributed by atoms with Crippen LogP contribution in [0.4, 0.5) is 0 Å². The van der Waals surface area contributed by atoms with Gasteiger partial charge in [0.25, 0.3) is 0 Å². The molecule has 1 aromatic carbocycles. The zero-order chi connectivity index (χ0) is 13.9. The lowest BCUT2D eigenvalue weighted by Gasteiger charge is -2.35. The highest BCUT2D eigenvalue weighted by Crippen LogP contribution is 2.34. The third-order valence-electron chi connectivity index (χ3n) is 3.53. The summed E-state index contributed by atoms with van der Waals surface area (Å²) in [7, 11) is 0. The Kier molecular flexibility index (Phi) is 8.93. The van der Waals surface area contributed by atoms with E-state index in [0.29, 0.717) is 6.04 Å². The van der Waals surface area contributed by atoms with Gasteiger partial charge in [-0.15, -0.1) is 36.2 Å². The first kappa shape index (κ1) is 20.4. The van der Waals surface area contributed by atoms with Crippen molar-refractivity contribution in [1.29, 1.82) is 0 Å². The first-order chi connectivity index (χ1) is 9.74. The molecule has 0 unspecified atom stereocenters. The van der Waals surface area contributed by atoms with E-state index in [1.54, 1.807) is 0 Å². The number of hydrogen-bond acceptors (Lipinski definition) is 3. The molecule has 1 fully saturated rings. The summed E-state index contributed by atoms with van der Waals surface area (Å²) in [6.45, 7) is 4.31. The molecular formula is C15H18Br2Cl2N2S. The van der Waals surface area contributed by atoms with Gasteiger partial charge in [0.05, 0.1) is 6.04 Å². The van der Waals surface area contributed by atoms with E-state index in [0.717, 1.165) is 35.1 Å². The number of piperazine rings is 1. The van der Waals surface area contributed by atoms with Crippen LogP contribution >= 0.6 is 68.0 Å². The highest BCUT2D eigenvalue weighted by molar-refractivity contribution is 9.11. The number of halogens is 4. The van der Waals surface area contributed by atoms with Crippen LogP contribution in [0, 0.1) is 0 Å². The van der Waals surface area contributed by atoms with Gasteiger partial charge in [0.1, 0.15) is 0 Å². The average molecular weight is 489 g/mol. The SMILES string of the molecule is Brc1cc(Br)cc([C@@H](c2cccs2)N2CCNCC2)c1.Cl.Cl. The van der Waals surface area contributed by atoms with Gasteiger partial charge in [0, 0.05) is 40.0 Å². The van der Waals surface area contributed by atoms with E-state index in [1.807, 2.05) is 11.3 Å². The summed E-state index contributed by atoms with van der Waals surface area (Å²) in [5.41, 5.74) is 1.34. The smallest absolute Gasteiger partial charge is 0.0697 e. The first-order valence-corrected chi connectivity index (χ1v) is 9.15. The van der Waals surface area contributed by atoms with Gasteiger partial charge >= 0.3 is 0 Å². The third-order valence-corrected chi connectivity index (χ3v) is 5.37. The quantitative estimate of drug-likeness (QED) is 0.645. The first-order valence-electron chi connectivity index (χ1n) is 6.68. The molecule has 0 bridgehead atoms. The molecule has 0 aliphatic carbocycles. The molecule has 1 aliphatic rings. The van der Waals surface area contributed by atoms with Crippen LogP contribution in [0.5, 0.6) is 0 Å². The van der Waals surface area contributed by atoms with Crippen LogP contribution in [0.3, 0.4) is 0 Å². The number of nitrogens with one attached hydrogen (secondary N) is 1. The molecule has 1 aromatic heterocycles. The second-order valence-electron chi connectivity index (χ2n) is 4.91. The number of hydrogen-bond donors (Lipinski definition) is 1. The fraction of sp³-hybridized carbons (Fsp3) is 0.333. The summed E-state index contributed by atoms with van der Waals surface area (Å²) in [5.74, 6) is 0. The molecule has 22 heavy (non-hydrogen) atoms. The van der Waals surface area contributed by atoms with E-state index >= 15 is 0 Å². The van der Waals surface area contributed by atoms with Crippen LogP contribution in [-0.2, 0) is 0 Å². The average Bonchev–Trinajstić information content (AvgIpc) is 2.93. The Labute approximate surface area is 164 Å². The Hall–Kier alpha value is 0.380. The lowest BCUT2D eigenvalue weighted by molar-refractivity contribution is 0.200. The van der Waals surface area contributed by atoms with Gasteiger partial charge in [-0.1, -0.05) is 37.9 Å². The van der Waals surface area contributed by atoms with Gasteiger partial charge in [-0.25, -0.2) is 0 Å². The normalized spacial score (nSPS) is 16.5. The molecule has 0 amide bonds. The van der Waals surface area contributed by atoms with Crippen LogP contribution in [0.1, 0.15) is 16.5 Å². The van der Waals surface area contributed by atoms with Crippen molar-refractivity contribution >= 4 is 68.0 Å². The van der Waals surface area contributed by atoms with Crippen molar-refractivity contribution in [2.45, 2.75) is 6.04 Å². The van der Waals surface area contributed by atoms with Crippen LogP contribution in [0.15, 0.2) is 44.7 Å². The van der Waals surface area contributed by atoms with Crippen molar-refractivity contribution in [3.8, 4) is 0 Å². The van der Waals surface area contributed by atoms with Gasteiger partial charge < -0.3 is 5.32 Å². The number of rotatable bonds is 3. The summed E-state index contributed by atoms with van der Waals surface area (Å²) < 4.78 is 2.25. The number of benzene rings is 1. The molecular weight excluding hydrogens is 471 g/mol. The van der Waals surface area contributed by atoms with Crippen LogP contribution in [-0.4, -0.2) is 31.1 Å². The monoisotopic (exact) mass is 486 g/mol. The molecule has 1 N–H and O–H groups in total. The van der Waals surface area contributed by atoms with Gasteiger partial charge in [0.2, 0.25) is 0 Å². The van der Waals surface area contributed by atoms with E-state index in [4.69, 9.17) is 0 Å². The van der Waals surface area contributed by atoms with Crippen LogP contribution < -0.4 is 5.32 Å². The Bertz CT molecular complexity index is 555. The highest BCUT2D eigenvalue weighted by atomic mass is 79.9. The van der Waals surface area contributed by atoms with Gasteiger partial charge in [-0.05, 0) is 35.2 Å². The Morgan fingerprint density at radius 2 is 1.68 bits per heavy atom. The molecule has 3 rings (SSSR count). The molecule has 1 saturated heterocycles. The predicted octanol–water partition coefficient (Wildman–Crippen LogP) is 5.11. The molecule has 2 aromatic rings. The largest absolute Gasteiger partial charge is 0.314 e. The second-order valence-corrected chi connectivity index (χ2v) is 7.72. The van der Waals surface area contributed by atoms with E-state index in [1.165, 1.54) is 10.4 Å². The molecule has 0 saturated carbocycles. The zero-order valence-electron chi connectivity index (χ0n) is 11.8. The van der Waals surface area contributed by atoms with Gasteiger partial charge in [-0.3, -0.25) is 4.90 Å². The Morgan fingerprint density at radius 3 is 2.23 bits per heavy atom. The van der Waals surface area contributed by atoms with Crippen molar-refractivity contribution < 1.29 is 0 Å². The maximum Gasteiger partial charge on any atom is 0.0697 e. The molecule has 2 heterocycles. The lowest BCUT2D eigenvalue weighted by Crippen LogP contribution is -2.45. The lowest BCUT2D eigenvalue weighted by atomic mass is 10.0.